The van der Waals surface area contributed by atoms with Gasteiger partial charge in [-0.05, 0) is 28.1 Å². The monoisotopic (exact) mass is 292 g/mol. The van der Waals surface area contributed by atoms with Crippen molar-refractivity contribution in [2.45, 2.75) is 18.4 Å². The van der Waals surface area contributed by atoms with Crippen LogP contribution < -0.4 is 0 Å². The summed E-state index contributed by atoms with van der Waals surface area (Å²) in [5.74, 6) is -1.29. The zero-order valence-corrected chi connectivity index (χ0v) is 10.1. The van der Waals surface area contributed by atoms with Gasteiger partial charge in [0.2, 0.25) is 0 Å². The summed E-state index contributed by atoms with van der Waals surface area (Å²) in [5.41, 5.74) is -1.25. The Morgan fingerprint density at radius 1 is 1.44 bits per heavy atom. The van der Waals surface area contributed by atoms with Gasteiger partial charge < -0.3 is 9.84 Å². The van der Waals surface area contributed by atoms with Crippen LogP contribution in [0, 0.1) is 11.6 Å². The van der Waals surface area contributed by atoms with Gasteiger partial charge in [-0.3, -0.25) is 0 Å². The highest BCUT2D eigenvalue weighted by molar-refractivity contribution is 9.10. The predicted molar refractivity (Wildman–Crippen MR) is 58.1 cm³/mol. The molecule has 5 heteroatoms. The maximum absolute atomic E-state index is 13.6. The first-order valence-corrected chi connectivity index (χ1v) is 5.74. The van der Waals surface area contributed by atoms with Crippen LogP contribution in [0.15, 0.2) is 16.6 Å². The van der Waals surface area contributed by atoms with Crippen molar-refractivity contribution in [3.05, 3.63) is 33.8 Å². The Hall–Kier alpha value is -0.520. The molecule has 16 heavy (non-hydrogen) atoms. The summed E-state index contributed by atoms with van der Waals surface area (Å²) >= 11 is 2.99. The Labute approximate surface area is 100 Å². The third kappa shape index (κ3) is 2.26. The molecule has 1 saturated heterocycles. The van der Waals surface area contributed by atoms with Gasteiger partial charge in [0.05, 0.1) is 16.7 Å². The van der Waals surface area contributed by atoms with E-state index in [0.29, 0.717) is 13.0 Å². The molecule has 1 aromatic carbocycles. The molecule has 1 aliphatic rings. The number of aliphatic hydroxyl groups is 1. The van der Waals surface area contributed by atoms with Crippen molar-refractivity contribution >= 4 is 15.9 Å². The fraction of sp³-hybridized carbons (Fsp3) is 0.455. The van der Waals surface area contributed by atoms with E-state index in [9.17, 15) is 13.9 Å². The van der Waals surface area contributed by atoms with E-state index in [-0.39, 0.29) is 23.1 Å². The summed E-state index contributed by atoms with van der Waals surface area (Å²) < 4.78 is 32.3. The highest BCUT2D eigenvalue weighted by Crippen LogP contribution is 2.28. The van der Waals surface area contributed by atoms with Gasteiger partial charge in [0.15, 0.2) is 0 Å². The molecule has 1 aromatic rings. The summed E-state index contributed by atoms with van der Waals surface area (Å²) in [6.45, 7) is 0.548. The van der Waals surface area contributed by atoms with Crippen molar-refractivity contribution in [3.63, 3.8) is 0 Å². The molecule has 0 saturated carbocycles. The van der Waals surface area contributed by atoms with Crippen LogP contribution in [0.5, 0.6) is 0 Å². The first-order chi connectivity index (χ1) is 7.52. The van der Waals surface area contributed by atoms with E-state index >= 15 is 0 Å². The minimum absolute atomic E-state index is 0.0654. The van der Waals surface area contributed by atoms with E-state index in [1.165, 1.54) is 12.1 Å². The summed E-state index contributed by atoms with van der Waals surface area (Å²) in [4.78, 5) is 0. The average Bonchev–Trinajstić information content (AvgIpc) is 2.66. The molecule has 1 aliphatic heterocycles. The molecule has 0 aliphatic carbocycles. The Balaban J connectivity index is 2.30. The topological polar surface area (TPSA) is 29.5 Å². The molecule has 1 atom stereocenters. The second kappa shape index (κ2) is 4.39. The lowest BCUT2D eigenvalue weighted by molar-refractivity contribution is 0.0256. The maximum atomic E-state index is 13.6. The van der Waals surface area contributed by atoms with Gasteiger partial charge in [-0.1, -0.05) is 0 Å². The van der Waals surface area contributed by atoms with E-state index in [2.05, 4.69) is 15.9 Å². The van der Waals surface area contributed by atoms with Crippen LogP contribution in [0.25, 0.3) is 0 Å². The number of halogens is 3. The van der Waals surface area contributed by atoms with Crippen LogP contribution >= 0.6 is 15.9 Å². The first-order valence-electron chi connectivity index (χ1n) is 4.94. The number of hydrogen-bond acceptors (Lipinski definition) is 2. The molecule has 1 unspecified atom stereocenters. The van der Waals surface area contributed by atoms with Gasteiger partial charge in [0, 0.05) is 25.0 Å². The second-order valence-electron chi connectivity index (χ2n) is 4.03. The average molecular weight is 293 g/mol. The predicted octanol–water partition coefficient (Wildman–Crippen LogP) is 2.42. The molecule has 88 valence electrons. The van der Waals surface area contributed by atoms with Crippen molar-refractivity contribution in [3.8, 4) is 0 Å². The number of hydrogen-bond donors (Lipinski definition) is 1. The van der Waals surface area contributed by atoms with Gasteiger partial charge in [-0.25, -0.2) is 8.78 Å². The van der Waals surface area contributed by atoms with E-state index in [1.807, 2.05) is 0 Å². The van der Waals surface area contributed by atoms with Gasteiger partial charge in [-0.15, -0.1) is 0 Å². The van der Waals surface area contributed by atoms with Gasteiger partial charge in [0.25, 0.3) is 0 Å². The molecular formula is C11H11BrF2O2. The van der Waals surface area contributed by atoms with Crippen molar-refractivity contribution in [1.82, 2.24) is 0 Å². The van der Waals surface area contributed by atoms with Crippen LogP contribution in [0.2, 0.25) is 0 Å². The van der Waals surface area contributed by atoms with Crippen molar-refractivity contribution in [2.75, 3.05) is 13.2 Å². The normalized spacial score (nSPS) is 25.0. The molecule has 2 nitrogen and oxygen atoms in total. The zero-order chi connectivity index (χ0) is 11.8. The van der Waals surface area contributed by atoms with Gasteiger partial charge >= 0.3 is 0 Å². The third-order valence-corrected chi connectivity index (χ3v) is 3.34. The molecule has 0 spiro atoms. The minimum atomic E-state index is -1.15. The maximum Gasteiger partial charge on any atom is 0.143 e. The summed E-state index contributed by atoms with van der Waals surface area (Å²) in [7, 11) is 0. The number of benzene rings is 1. The molecule has 1 N–H and O–H groups in total. The van der Waals surface area contributed by atoms with Crippen LogP contribution in [0.1, 0.15) is 12.0 Å². The van der Waals surface area contributed by atoms with E-state index in [4.69, 9.17) is 4.74 Å². The SMILES string of the molecule is OC1(Cc2c(F)ccc(Br)c2F)CCOC1. The molecular weight excluding hydrogens is 282 g/mol. The van der Waals surface area contributed by atoms with Crippen LogP contribution in [0.4, 0.5) is 8.78 Å². The van der Waals surface area contributed by atoms with Gasteiger partial charge in [0.1, 0.15) is 11.6 Å². The molecule has 0 bridgehead atoms. The summed E-state index contributed by atoms with van der Waals surface area (Å²) in [6.07, 6.45) is 0.336. The van der Waals surface area contributed by atoms with Crippen LogP contribution in [-0.4, -0.2) is 23.9 Å². The van der Waals surface area contributed by atoms with E-state index in [1.54, 1.807) is 0 Å². The Morgan fingerprint density at radius 3 is 2.81 bits per heavy atom. The van der Waals surface area contributed by atoms with Crippen molar-refractivity contribution < 1.29 is 18.6 Å². The molecule has 0 radical (unpaired) electrons. The molecule has 1 heterocycles. The van der Waals surface area contributed by atoms with Crippen molar-refractivity contribution in [1.29, 1.82) is 0 Å². The molecule has 0 amide bonds. The Morgan fingerprint density at radius 2 is 2.19 bits per heavy atom. The summed E-state index contributed by atoms with van der Waals surface area (Å²) in [5, 5.41) is 10.0. The van der Waals surface area contributed by atoms with Crippen LogP contribution in [-0.2, 0) is 11.2 Å². The lowest BCUT2D eigenvalue weighted by Crippen LogP contribution is -2.32. The van der Waals surface area contributed by atoms with Crippen molar-refractivity contribution in [2.24, 2.45) is 0 Å². The lowest BCUT2D eigenvalue weighted by Gasteiger charge is -2.21. The van der Waals surface area contributed by atoms with E-state index in [0.717, 1.165) is 0 Å². The number of ether oxygens (including phenoxy) is 1. The standard InChI is InChI=1S/C11H11BrF2O2/c12-8-1-2-9(13)7(10(8)14)5-11(15)3-4-16-6-11/h1-2,15H,3-6H2. The Bertz CT molecular complexity index is 403. The van der Waals surface area contributed by atoms with Crippen LogP contribution in [0.3, 0.4) is 0 Å². The minimum Gasteiger partial charge on any atom is -0.387 e. The molecule has 2 rings (SSSR count). The highest BCUT2D eigenvalue weighted by atomic mass is 79.9. The summed E-state index contributed by atoms with van der Waals surface area (Å²) in [6, 6.07) is 2.49. The first kappa shape index (κ1) is 12.0. The molecule has 1 fully saturated rings. The van der Waals surface area contributed by atoms with Gasteiger partial charge in [-0.2, -0.15) is 0 Å². The lowest BCUT2D eigenvalue weighted by atomic mass is 9.93. The smallest absolute Gasteiger partial charge is 0.143 e. The fourth-order valence-corrected chi connectivity index (χ4v) is 2.17. The highest BCUT2D eigenvalue weighted by Gasteiger charge is 2.34. The second-order valence-corrected chi connectivity index (χ2v) is 4.88. The van der Waals surface area contributed by atoms with E-state index < -0.39 is 17.2 Å². The number of rotatable bonds is 2. The third-order valence-electron chi connectivity index (χ3n) is 2.73. The largest absolute Gasteiger partial charge is 0.387 e. The zero-order valence-electron chi connectivity index (χ0n) is 8.47. The quantitative estimate of drug-likeness (QED) is 0.849. The fourth-order valence-electron chi connectivity index (χ4n) is 1.80. The molecule has 0 aromatic heterocycles. The Kier molecular flexibility index (Phi) is 3.28.